The van der Waals surface area contributed by atoms with Crippen LogP contribution in [0.4, 0.5) is 0 Å². The molecule has 0 radical (unpaired) electrons. The summed E-state index contributed by atoms with van der Waals surface area (Å²) in [6.45, 7) is 4.50. The van der Waals surface area contributed by atoms with E-state index in [4.69, 9.17) is 17.0 Å². The molecule has 0 saturated heterocycles. The molecule has 0 spiro atoms. The van der Waals surface area contributed by atoms with Crippen LogP contribution in [0.15, 0.2) is 47.4 Å². The molecule has 3 rings (SSSR count). The first-order valence-corrected chi connectivity index (χ1v) is 10.2. The molecular weight excluding hydrogens is 370 g/mol. The number of methoxy groups -OCH3 is 1. The first-order chi connectivity index (χ1) is 12.4. The maximum Gasteiger partial charge on any atom is 0.243 e. The second-order valence-corrected chi connectivity index (χ2v) is 8.03. The number of nitrogens with zero attached hydrogens (tertiary/aromatic N) is 2. The fourth-order valence-electron chi connectivity index (χ4n) is 3.02. The predicted molar refractivity (Wildman–Crippen MR) is 105 cm³/mol. The molecule has 2 aromatic carbocycles. The Morgan fingerprint density at radius 1 is 1.15 bits per heavy atom. The molecule has 0 aliphatic carbocycles. The van der Waals surface area contributed by atoms with E-state index < -0.39 is 10.0 Å². The van der Waals surface area contributed by atoms with Gasteiger partial charge in [0.1, 0.15) is 5.75 Å². The number of benzene rings is 2. The Hall–Kier alpha value is -2.16. The Morgan fingerprint density at radius 3 is 2.50 bits per heavy atom. The van der Waals surface area contributed by atoms with E-state index in [9.17, 15) is 8.42 Å². The molecule has 0 aliphatic rings. The Bertz CT molecular complexity index is 1100. The van der Waals surface area contributed by atoms with Crippen LogP contribution in [0, 0.1) is 4.77 Å². The third-order valence-electron chi connectivity index (χ3n) is 4.32. The molecule has 138 valence electrons. The molecule has 0 aliphatic heterocycles. The monoisotopic (exact) mass is 391 g/mol. The molecule has 1 N–H and O–H groups in total. The minimum Gasteiger partial charge on any atom is -0.495 e. The van der Waals surface area contributed by atoms with E-state index in [0.717, 1.165) is 11.2 Å². The number of imidazole rings is 1. The van der Waals surface area contributed by atoms with Gasteiger partial charge in [-0.1, -0.05) is 26.0 Å². The number of H-pyrrole nitrogens is 1. The number of aromatic amines is 1. The van der Waals surface area contributed by atoms with Crippen LogP contribution in [0.2, 0.25) is 0 Å². The van der Waals surface area contributed by atoms with E-state index in [-0.39, 0.29) is 4.90 Å². The number of para-hydroxylation sites is 2. The maximum atomic E-state index is 12.8. The second kappa shape index (κ2) is 7.22. The molecule has 0 saturated carbocycles. The minimum absolute atomic E-state index is 0.247. The minimum atomic E-state index is -3.53. The van der Waals surface area contributed by atoms with Gasteiger partial charge in [0.2, 0.25) is 10.0 Å². The van der Waals surface area contributed by atoms with E-state index in [1.54, 1.807) is 25.3 Å². The van der Waals surface area contributed by atoms with Crippen LogP contribution in [0.1, 0.15) is 13.8 Å². The van der Waals surface area contributed by atoms with Crippen molar-refractivity contribution in [3.63, 3.8) is 0 Å². The number of hydrogen-bond acceptors (Lipinski definition) is 4. The van der Waals surface area contributed by atoms with E-state index in [1.165, 1.54) is 4.31 Å². The summed E-state index contributed by atoms with van der Waals surface area (Å²) < 4.78 is 34.7. The SMILES string of the molecule is CCN(CC)S(=O)(=O)c1ccc2c(c1)[nH]c(=S)n2-c1ccccc1OC. The zero-order valence-electron chi connectivity index (χ0n) is 14.9. The predicted octanol–water partition coefficient (Wildman–Crippen LogP) is 3.73. The van der Waals surface area contributed by atoms with Crippen LogP contribution in [0.25, 0.3) is 16.7 Å². The fraction of sp³-hybridized carbons (Fsp3) is 0.278. The largest absolute Gasteiger partial charge is 0.495 e. The third kappa shape index (κ3) is 3.04. The van der Waals surface area contributed by atoms with Gasteiger partial charge in [0, 0.05) is 13.1 Å². The summed E-state index contributed by atoms with van der Waals surface area (Å²) in [6, 6.07) is 12.6. The summed E-state index contributed by atoms with van der Waals surface area (Å²) in [7, 11) is -1.93. The van der Waals surface area contributed by atoms with Gasteiger partial charge in [-0.2, -0.15) is 4.31 Å². The van der Waals surface area contributed by atoms with E-state index in [1.807, 2.05) is 42.7 Å². The summed E-state index contributed by atoms with van der Waals surface area (Å²) in [5.41, 5.74) is 2.25. The Kier molecular flexibility index (Phi) is 5.17. The highest BCUT2D eigenvalue weighted by molar-refractivity contribution is 7.89. The normalized spacial score (nSPS) is 12.0. The van der Waals surface area contributed by atoms with Gasteiger partial charge >= 0.3 is 0 Å². The van der Waals surface area contributed by atoms with Gasteiger partial charge in [0.05, 0.1) is 28.7 Å². The molecule has 1 heterocycles. The number of rotatable bonds is 6. The number of sulfonamides is 1. The van der Waals surface area contributed by atoms with Crippen molar-refractivity contribution < 1.29 is 13.2 Å². The Balaban J connectivity index is 2.20. The van der Waals surface area contributed by atoms with Crippen molar-refractivity contribution >= 4 is 33.3 Å². The van der Waals surface area contributed by atoms with Gasteiger partial charge in [-0.15, -0.1) is 0 Å². The van der Waals surface area contributed by atoms with Crippen LogP contribution >= 0.6 is 12.2 Å². The van der Waals surface area contributed by atoms with Gasteiger partial charge in [-0.25, -0.2) is 8.42 Å². The molecule has 0 fully saturated rings. The number of aromatic nitrogens is 2. The molecule has 3 aromatic rings. The van der Waals surface area contributed by atoms with Gasteiger partial charge in [-0.3, -0.25) is 4.57 Å². The molecule has 8 heteroatoms. The lowest BCUT2D eigenvalue weighted by atomic mass is 10.2. The quantitative estimate of drug-likeness (QED) is 0.650. The summed E-state index contributed by atoms with van der Waals surface area (Å²) in [5.74, 6) is 0.685. The van der Waals surface area contributed by atoms with Gasteiger partial charge in [-0.05, 0) is 42.5 Å². The topological polar surface area (TPSA) is 67.3 Å². The number of hydrogen-bond donors (Lipinski definition) is 1. The molecule has 0 bridgehead atoms. The van der Waals surface area contributed by atoms with Crippen LogP contribution in [-0.2, 0) is 10.0 Å². The Labute approximate surface area is 158 Å². The van der Waals surface area contributed by atoms with Crippen molar-refractivity contribution in [1.29, 1.82) is 0 Å². The van der Waals surface area contributed by atoms with Gasteiger partial charge in [0.25, 0.3) is 0 Å². The Morgan fingerprint density at radius 2 is 1.85 bits per heavy atom. The molecule has 1 aromatic heterocycles. The van der Waals surface area contributed by atoms with E-state index >= 15 is 0 Å². The zero-order valence-corrected chi connectivity index (χ0v) is 16.5. The van der Waals surface area contributed by atoms with Crippen molar-refractivity contribution in [1.82, 2.24) is 13.9 Å². The molecule has 0 atom stereocenters. The zero-order chi connectivity index (χ0) is 18.9. The van der Waals surface area contributed by atoms with Crippen LogP contribution < -0.4 is 4.74 Å². The smallest absolute Gasteiger partial charge is 0.243 e. The lowest BCUT2D eigenvalue weighted by Crippen LogP contribution is -2.30. The highest BCUT2D eigenvalue weighted by atomic mass is 32.2. The molecule has 0 amide bonds. The summed E-state index contributed by atoms with van der Waals surface area (Å²) >= 11 is 5.47. The second-order valence-electron chi connectivity index (χ2n) is 5.71. The summed E-state index contributed by atoms with van der Waals surface area (Å²) in [4.78, 5) is 3.35. The van der Waals surface area contributed by atoms with E-state index in [2.05, 4.69) is 4.98 Å². The van der Waals surface area contributed by atoms with Gasteiger partial charge < -0.3 is 9.72 Å². The van der Waals surface area contributed by atoms with Crippen molar-refractivity contribution in [2.75, 3.05) is 20.2 Å². The lowest BCUT2D eigenvalue weighted by Gasteiger charge is -2.18. The van der Waals surface area contributed by atoms with Crippen LogP contribution in [0.3, 0.4) is 0 Å². The molecule has 26 heavy (non-hydrogen) atoms. The molecular formula is C18H21N3O3S2. The highest BCUT2D eigenvalue weighted by Gasteiger charge is 2.22. The summed E-state index contributed by atoms with van der Waals surface area (Å²) in [5, 5.41) is 0. The van der Waals surface area contributed by atoms with Crippen molar-refractivity contribution in [2.24, 2.45) is 0 Å². The van der Waals surface area contributed by atoms with Crippen molar-refractivity contribution in [2.45, 2.75) is 18.7 Å². The van der Waals surface area contributed by atoms with Crippen molar-refractivity contribution in [3.8, 4) is 11.4 Å². The first-order valence-electron chi connectivity index (χ1n) is 8.32. The fourth-order valence-corrected chi connectivity index (χ4v) is 4.81. The molecule has 6 nitrogen and oxygen atoms in total. The number of nitrogens with one attached hydrogen (secondary N) is 1. The van der Waals surface area contributed by atoms with Crippen molar-refractivity contribution in [3.05, 3.63) is 47.2 Å². The maximum absolute atomic E-state index is 12.8. The average Bonchev–Trinajstić information content (AvgIpc) is 2.97. The highest BCUT2D eigenvalue weighted by Crippen LogP contribution is 2.28. The standard InChI is InChI=1S/C18H21N3O3S2/c1-4-20(5-2)26(22,23)13-10-11-15-14(12-13)19-18(25)21(15)16-8-6-7-9-17(16)24-3/h6-12H,4-5H2,1-3H3,(H,19,25). The number of ether oxygens (including phenoxy) is 1. The van der Waals surface area contributed by atoms with Gasteiger partial charge in [0.15, 0.2) is 4.77 Å². The van der Waals surface area contributed by atoms with Crippen LogP contribution in [0.5, 0.6) is 5.75 Å². The third-order valence-corrected chi connectivity index (χ3v) is 6.65. The average molecular weight is 392 g/mol. The molecule has 0 unspecified atom stereocenters. The lowest BCUT2D eigenvalue weighted by molar-refractivity contribution is 0.413. The van der Waals surface area contributed by atoms with E-state index in [0.29, 0.717) is 29.1 Å². The van der Waals surface area contributed by atoms with Crippen LogP contribution in [-0.4, -0.2) is 42.5 Å². The number of fused-ring (bicyclic) bond motifs is 1. The summed E-state index contributed by atoms with van der Waals surface area (Å²) in [6.07, 6.45) is 0. The first kappa shape index (κ1) is 18.6.